The van der Waals surface area contributed by atoms with Crippen molar-refractivity contribution in [3.05, 3.63) is 0 Å². The lowest BCUT2D eigenvalue weighted by Gasteiger charge is -2.33. The van der Waals surface area contributed by atoms with Crippen molar-refractivity contribution in [2.45, 2.75) is 90.5 Å². The van der Waals surface area contributed by atoms with Crippen LogP contribution in [0.15, 0.2) is 0 Å². The number of carbonyl (C=O) groups is 1. The number of ether oxygens (including phenoxy) is 1. The van der Waals surface area contributed by atoms with E-state index in [0.29, 0.717) is 18.8 Å². The van der Waals surface area contributed by atoms with Crippen LogP contribution in [-0.2, 0) is 9.53 Å². The van der Waals surface area contributed by atoms with Crippen molar-refractivity contribution in [1.82, 2.24) is 9.80 Å². The Labute approximate surface area is 157 Å². The molecule has 25 heavy (non-hydrogen) atoms. The van der Waals surface area contributed by atoms with Crippen LogP contribution in [0.3, 0.4) is 0 Å². The maximum Gasteiger partial charge on any atom is 0.307 e. The number of esters is 1. The predicted molar refractivity (Wildman–Crippen MR) is 110 cm³/mol. The molecule has 4 nitrogen and oxygen atoms in total. The van der Waals surface area contributed by atoms with Gasteiger partial charge in [0.05, 0.1) is 21.8 Å². The summed E-state index contributed by atoms with van der Waals surface area (Å²) in [6, 6.07) is 0. The van der Waals surface area contributed by atoms with Gasteiger partial charge in [-0.15, -0.1) is 0 Å². The van der Waals surface area contributed by atoms with Crippen molar-refractivity contribution in [1.29, 1.82) is 0 Å². The van der Waals surface area contributed by atoms with E-state index in [4.69, 9.17) is 4.74 Å². The highest BCUT2D eigenvalue weighted by atomic mass is 28.3. The predicted octanol–water partition coefficient (Wildman–Crippen LogP) is 4.05. The van der Waals surface area contributed by atoms with Gasteiger partial charge in [0.25, 0.3) is 0 Å². The molecule has 0 radical (unpaired) electrons. The Balaban J connectivity index is 2.24. The fraction of sp³-hybridized carbons (Fsp3) is 0.950. The Kier molecular flexibility index (Phi) is 12.5. The molecule has 5 heteroatoms. The topological polar surface area (TPSA) is 32.8 Å². The number of nitrogens with zero attached hydrogens (tertiary/aromatic N) is 2. The summed E-state index contributed by atoms with van der Waals surface area (Å²) in [6.07, 6.45) is 11.6. The third-order valence-electron chi connectivity index (χ3n) is 5.23. The number of hydrogen-bond acceptors (Lipinski definition) is 4. The largest absolute Gasteiger partial charge is 0.466 e. The third-order valence-corrected chi connectivity index (χ3v) is 7.26. The molecule has 1 fully saturated rings. The fourth-order valence-corrected chi connectivity index (χ4v) is 6.28. The molecule has 0 aromatic carbocycles. The van der Waals surface area contributed by atoms with Crippen LogP contribution in [0.25, 0.3) is 0 Å². The van der Waals surface area contributed by atoms with Crippen molar-refractivity contribution in [3.8, 4) is 0 Å². The van der Waals surface area contributed by atoms with Crippen molar-refractivity contribution in [2.75, 3.05) is 32.8 Å². The first-order chi connectivity index (χ1) is 12.1. The second kappa shape index (κ2) is 13.8. The van der Waals surface area contributed by atoms with Crippen molar-refractivity contribution in [2.24, 2.45) is 0 Å². The summed E-state index contributed by atoms with van der Waals surface area (Å²) < 4.78 is 5.08. The minimum atomic E-state index is -0.796. The van der Waals surface area contributed by atoms with Gasteiger partial charge >= 0.3 is 5.97 Å². The molecule has 1 aliphatic rings. The van der Waals surface area contributed by atoms with Crippen molar-refractivity contribution < 1.29 is 9.53 Å². The zero-order valence-electron chi connectivity index (χ0n) is 17.3. The van der Waals surface area contributed by atoms with E-state index >= 15 is 0 Å². The summed E-state index contributed by atoms with van der Waals surface area (Å²) in [5.41, 5.74) is 0. The smallest absolute Gasteiger partial charge is 0.307 e. The molecule has 0 aliphatic carbocycles. The van der Waals surface area contributed by atoms with E-state index in [2.05, 4.69) is 29.8 Å². The van der Waals surface area contributed by atoms with Crippen molar-refractivity contribution >= 4 is 14.8 Å². The molecule has 1 atom stereocenters. The van der Waals surface area contributed by atoms with Crippen LogP contribution in [0.4, 0.5) is 0 Å². The van der Waals surface area contributed by atoms with Gasteiger partial charge in [-0.1, -0.05) is 65.0 Å². The summed E-state index contributed by atoms with van der Waals surface area (Å²) in [7, 11) is -0.796. The van der Waals surface area contributed by atoms with Crippen LogP contribution in [0.5, 0.6) is 0 Å². The summed E-state index contributed by atoms with van der Waals surface area (Å²) in [5.74, 6) is 0.576. The van der Waals surface area contributed by atoms with Crippen LogP contribution in [0, 0.1) is 0 Å². The first-order valence-electron chi connectivity index (χ1n) is 10.7. The fourth-order valence-electron chi connectivity index (χ4n) is 4.00. The molecule has 0 N–H and O–H groups in total. The average molecular weight is 371 g/mol. The standard InChI is InChI=1S/C20H42N2O2Si/c1-5-7-8-9-10-11-12-13-15-21-17-18-22(20(21)25(3)4)16-14-19(23)24-6-2/h20,25H,5-18H2,1-4H3. The van der Waals surface area contributed by atoms with E-state index in [0.717, 1.165) is 13.1 Å². The van der Waals surface area contributed by atoms with Crippen molar-refractivity contribution in [3.63, 3.8) is 0 Å². The molecular weight excluding hydrogens is 328 g/mol. The SMILES string of the molecule is CCCCCCCCCCN1CCN(CCC(=O)OCC)C1[SiH](C)C. The van der Waals surface area contributed by atoms with Gasteiger partial charge in [-0.3, -0.25) is 14.6 Å². The van der Waals surface area contributed by atoms with Gasteiger partial charge in [0.15, 0.2) is 0 Å². The van der Waals surface area contributed by atoms with Gasteiger partial charge in [-0.05, 0) is 19.9 Å². The molecule has 0 spiro atoms. The van der Waals surface area contributed by atoms with E-state index in [1.807, 2.05) is 6.92 Å². The van der Waals surface area contributed by atoms with Crippen LogP contribution in [0.2, 0.25) is 13.1 Å². The minimum absolute atomic E-state index is 0.0480. The zero-order chi connectivity index (χ0) is 18.5. The molecule has 0 saturated carbocycles. The molecule has 1 heterocycles. The molecule has 1 unspecified atom stereocenters. The van der Waals surface area contributed by atoms with E-state index in [-0.39, 0.29) is 5.97 Å². The van der Waals surface area contributed by atoms with Gasteiger partial charge in [0, 0.05) is 25.4 Å². The normalized spacial score (nSPS) is 19.0. The number of unbranched alkanes of at least 4 members (excludes halogenated alkanes) is 7. The highest BCUT2D eigenvalue weighted by Gasteiger charge is 2.33. The lowest BCUT2D eigenvalue weighted by Crippen LogP contribution is -2.48. The Hall–Kier alpha value is -0.393. The summed E-state index contributed by atoms with van der Waals surface area (Å²) >= 11 is 0. The Morgan fingerprint density at radius 1 is 0.920 bits per heavy atom. The van der Waals surface area contributed by atoms with Crippen LogP contribution in [-0.4, -0.2) is 63.1 Å². The van der Waals surface area contributed by atoms with Crippen LogP contribution < -0.4 is 0 Å². The highest BCUT2D eigenvalue weighted by molar-refractivity contribution is 6.57. The van der Waals surface area contributed by atoms with E-state index in [1.165, 1.54) is 64.5 Å². The number of hydrogen-bond donors (Lipinski definition) is 0. The van der Waals surface area contributed by atoms with E-state index in [9.17, 15) is 4.79 Å². The second-order valence-corrected chi connectivity index (χ2v) is 10.8. The molecule has 1 saturated heterocycles. The molecule has 148 valence electrons. The van der Waals surface area contributed by atoms with Gasteiger partial charge in [0.1, 0.15) is 0 Å². The van der Waals surface area contributed by atoms with Crippen LogP contribution in [0.1, 0.15) is 71.6 Å². The quantitative estimate of drug-likeness (QED) is 0.262. The maximum absolute atomic E-state index is 11.6. The molecular formula is C20H42N2O2Si. The molecule has 1 rings (SSSR count). The number of carbonyl (C=O) groups excluding carboxylic acids is 1. The lowest BCUT2D eigenvalue weighted by atomic mass is 10.1. The van der Waals surface area contributed by atoms with E-state index < -0.39 is 8.80 Å². The van der Waals surface area contributed by atoms with Gasteiger partial charge in [0.2, 0.25) is 0 Å². The van der Waals surface area contributed by atoms with Gasteiger partial charge in [-0.2, -0.15) is 0 Å². The molecule has 0 bridgehead atoms. The first-order valence-corrected chi connectivity index (χ1v) is 13.7. The Bertz CT molecular complexity index is 353. The zero-order valence-corrected chi connectivity index (χ0v) is 18.4. The van der Waals surface area contributed by atoms with Gasteiger partial charge in [-0.25, -0.2) is 0 Å². The lowest BCUT2D eigenvalue weighted by molar-refractivity contribution is -0.143. The van der Waals surface area contributed by atoms with Gasteiger partial charge < -0.3 is 4.74 Å². The molecule has 0 amide bonds. The second-order valence-electron chi connectivity index (χ2n) is 7.76. The monoisotopic (exact) mass is 370 g/mol. The minimum Gasteiger partial charge on any atom is -0.466 e. The molecule has 0 aromatic rings. The third kappa shape index (κ3) is 9.20. The highest BCUT2D eigenvalue weighted by Crippen LogP contribution is 2.19. The summed E-state index contributed by atoms with van der Waals surface area (Å²) in [4.78, 5) is 16.9. The summed E-state index contributed by atoms with van der Waals surface area (Å²) in [5, 5.41) is 0. The molecule has 0 aromatic heterocycles. The summed E-state index contributed by atoms with van der Waals surface area (Å²) in [6.45, 7) is 13.9. The average Bonchev–Trinajstić information content (AvgIpc) is 2.99. The Morgan fingerprint density at radius 3 is 2.04 bits per heavy atom. The first kappa shape index (κ1) is 22.6. The number of rotatable bonds is 14. The molecule has 1 aliphatic heterocycles. The van der Waals surface area contributed by atoms with Crippen LogP contribution >= 0.6 is 0 Å². The van der Waals surface area contributed by atoms with E-state index in [1.54, 1.807) is 0 Å². The maximum atomic E-state index is 11.6. The Morgan fingerprint density at radius 2 is 1.48 bits per heavy atom.